The third kappa shape index (κ3) is 4.02. The number of nitrogens with two attached hydrogens (primary N) is 1. The predicted molar refractivity (Wildman–Crippen MR) is 86.0 cm³/mol. The van der Waals surface area contributed by atoms with Gasteiger partial charge in [0.25, 0.3) is 5.91 Å². The van der Waals surface area contributed by atoms with Crippen molar-refractivity contribution in [3.8, 4) is 5.75 Å². The maximum atomic E-state index is 13.6. The molecule has 0 bridgehead atoms. The van der Waals surface area contributed by atoms with E-state index in [2.05, 4.69) is 5.32 Å². The van der Waals surface area contributed by atoms with Crippen LogP contribution in [0.2, 0.25) is 10.0 Å². The third-order valence-electron chi connectivity index (χ3n) is 2.82. The molecule has 1 atom stereocenters. The van der Waals surface area contributed by atoms with Gasteiger partial charge in [-0.1, -0.05) is 23.2 Å². The van der Waals surface area contributed by atoms with Gasteiger partial charge in [-0.2, -0.15) is 0 Å². The minimum absolute atomic E-state index is 0.0114. The Morgan fingerprint density at radius 1 is 1.27 bits per heavy atom. The van der Waals surface area contributed by atoms with E-state index in [0.717, 1.165) is 0 Å². The second-order valence-corrected chi connectivity index (χ2v) is 5.41. The first-order valence-electron chi connectivity index (χ1n) is 6.34. The number of nitrogens with one attached hydrogen (secondary N) is 1. The number of carbonyl (C=O) groups is 1. The Bertz CT molecular complexity index is 710. The summed E-state index contributed by atoms with van der Waals surface area (Å²) in [4.78, 5) is 12.0. The highest BCUT2D eigenvalue weighted by Crippen LogP contribution is 2.28. The number of anilines is 2. The monoisotopic (exact) mass is 342 g/mol. The molecule has 0 aliphatic carbocycles. The van der Waals surface area contributed by atoms with Crippen molar-refractivity contribution in [1.82, 2.24) is 0 Å². The van der Waals surface area contributed by atoms with Gasteiger partial charge in [0.2, 0.25) is 0 Å². The van der Waals surface area contributed by atoms with Gasteiger partial charge in [0.1, 0.15) is 11.6 Å². The summed E-state index contributed by atoms with van der Waals surface area (Å²) >= 11 is 11.7. The molecule has 0 aliphatic heterocycles. The van der Waals surface area contributed by atoms with Crippen LogP contribution >= 0.6 is 23.2 Å². The summed E-state index contributed by atoms with van der Waals surface area (Å²) < 4.78 is 19.0. The summed E-state index contributed by atoms with van der Waals surface area (Å²) in [5.74, 6) is -0.809. The molecule has 7 heteroatoms. The zero-order valence-electron chi connectivity index (χ0n) is 11.6. The van der Waals surface area contributed by atoms with Crippen LogP contribution in [0.3, 0.4) is 0 Å². The Kier molecular flexibility index (Phi) is 5.11. The summed E-state index contributed by atoms with van der Waals surface area (Å²) in [5, 5.41) is 3.15. The van der Waals surface area contributed by atoms with Gasteiger partial charge in [-0.05, 0) is 43.3 Å². The van der Waals surface area contributed by atoms with E-state index in [1.807, 2.05) is 0 Å². The predicted octanol–water partition coefficient (Wildman–Crippen LogP) is 4.12. The Balaban J connectivity index is 2.07. The van der Waals surface area contributed by atoms with Gasteiger partial charge in [0.05, 0.1) is 10.7 Å². The Morgan fingerprint density at radius 3 is 2.68 bits per heavy atom. The summed E-state index contributed by atoms with van der Waals surface area (Å²) in [5.41, 5.74) is 5.89. The molecule has 0 unspecified atom stereocenters. The highest BCUT2D eigenvalue weighted by molar-refractivity contribution is 6.35. The molecular weight excluding hydrogens is 330 g/mol. The van der Waals surface area contributed by atoms with Crippen LogP contribution in [0.15, 0.2) is 36.4 Å². The number of benzene rings is 2. The van der Waals surface area contributed by atoms with Gasteiger partial charge >= 0.3 is 0 Å². The molecule has 116 valence electrons. The highest BCUT2D eigenvalue weighted by atomic mass is 35.5. The lowest BCUT2D eigenvalue weighted by molar-refractivity contribution is -0.122. The van der Waals surface area contributed by atoms with E-state index in [0.29, 0.717) is 16.5 Å². The number of hydrogen-bond acceptors (Lipinski definition) is 3. The van der Waals surface area contributed by atoms with Gasteiger partial charge in [0.15, 0.2) is 6.10 Å². The molecule has 0 aliphatic rings. The summed E-state index contributed by atoms with van der Waals surface area (Å²) in [6, 6.07) is 8.54. The Morgan fingerprint density at radius 2 is 2.00 bits per heavy atom. The highest BCUT2D eigenvalue weighted by Gasteiger charge is 2.18. The maximum absolute atomic E-state index is 13.6. The molecule has 2 rings (SSSR count). The van der Waals surface area contributed by atoms with Gasteiger partial charge in [0, 0.05) is 10.7 Å². The number of amides is 1. The number of nitrogen functional groups attached to an aromatic ring is 1. The van der Waals surface area contributed by atoms with Gasteiger partial charge in [-0.25, -0.2) is 4.39 Å². The number of rotatable bonds is 4. The van der Waals surface area contributed by atoms with Crippen LogP contribution in [0.25, 0.3) is 0 Å². The van der Waals surface area contributed by atoms with E-state index in [9.17, 15) is 9.18 Å². The number of carbonyl (C=O) groups excluding carboxylic acids is 1. The zero-order chi connectivity index (χ0) is 16.3. The fourth-order valence-electron chi connectivity index (χ4n) is 1.69. The Hall–Kier alpha value is -1.98. The standard InChI is InChI=1S/C15H13Cl2FN2O2/c1-8(22-14-5-2-9(16)6-11(14)17)15(21)20-13-7-10(19)3-4-12(13)18/h2-8H,19H2,1H3,(H,20,21)/t8-/m0/s1. The molecule has 0 radical (unpaired) electrons. The SMILES string of the molecule is C[C@H](Oc1ccc(Cl)cc1Cl)C(=O)Nc1cc(N)ccc1F. The molecule has 0 aromatic heterocycles. The second kappa shape index (κ2) is 6.85. The van der Waals surface area contributed by atoms with Crippen molar-refractivity contribution in [1.29, 1.82) is 0 Å². The van der Waals surface area contributed by atoms with E-state index in [-0.39, 0.29) is 10.7 Å². The van der Waals surface area contributed by atoms with Crippen molar-refractivity contribution in [3.63, 3.8) is 0 Å². The van der Waals surface area contributed by atoms with Crippen molar-refractivity contribution in [2.75, 3.05) is 11.1 Å². The number of ether oxygens (including phenoxy) is 1. The van der Waals surface area contributed by atoms with Crippen LogP contribution in [0.4, 0.5) is 15.8 Å². The minimum atomic E-state index is -0.889. The smallest absolute Gasteiger partial charge is 0.265 e. The van der Waals surface area contributed by atoms with Crippen LogP contribution in [0, 0.1) is 5.82 Å². The van der Waals surface area contributed by atoms with Crippen LogP contribution < -0.4 is 15.8 Å². The minimum Gasteiger partial charge on any atom is -0.479 e. The third-order valence-corrected chi connectivity index (χ3v) is 3.35. The normalized spacial score (nSPS) is 11.8. The fourth-order valence-corrected chi connectivity index (χ4v) is 2.14. The van der Waals surface area contributed by atoms with Crippen molar-refractivity contribution in [2.45, 2.75) is 13.0 Å². The van der Waals surface area contributed by atoms with Crippen molar-refractivity contribution < 1.29 is 13.9 Å². The van der Waals surface area contributed by atoms with Crippen LogP contribution in [-0.2, 0) is 4.79 Å². The van der Waals surface area contributed by atoms with Gasteiger partial charge < -0.3 is 15.8 Å². The van der Waals surface area contributed by atoms with Gasteiger partial charge in [-0.15, -0.1) is 0 Å². The first-order valence-corrected chi connectivity index (χ1v) is 7.10. The molecule has 4 nitrogen and oxygen atoms in total. The molecule has 2 aromatic rings. The van der Waals surface area contributed by atoms with Crippen molar-refractivity contribution >= 4 is 40.5 Å². The molecule has 3 N–H and O–H groups in total. The zero-order valence-corrected chi connectivity index (χ0v) is 13.1. The molecule has 22 heavy (non-hydrogen) atoms. The first-order chi connectivity index (χ1) is 10.4. The van der Waals surface area contributed by atoms with Crippen LogP contribution in [0.5, 0.6) is 5.75 Å². The average molecular weight is 343 g/mol. The summed E-state index contributed by atoms with van der Waals surface area (Å²) in [6.07, 6.45) is -0.889. The lowest BCUT2D eigenvalue weighted by Crippen LogP contribution is -2.30. The molecule has 0 heterocycles. The van der Waals surface area contributed by atoms with Crippen molar-refractivity contribution in [3.05, 3.63) is 52.3 Å². The van der Waals surface area contributed by atoms with Gasteiger partial charge in [-0.3, -0.25) is 4.79 Å². The molecule has 0 saturated carbocycles. The molecule has 0 saturated heterocycles. The summed E-state index contributed by atoms with van der Waals surface area (Å²) in [6.45, 7) is 1.52. The van der Waals surface area contributed by atoms with Crippen LogP contribution in [-0.4, -0.2) is 12.0 Å². The lowest BCUT2D eigenvalue weighted by atomic mass is 10.2. The van der Waals surface area contributed by atoms with Crippen molar-refractivity contribution in [2.24, 2.45) is 0 Å². The largest absolute Gasteiger partial charge is 0.479 e. The average Bonchev–Trinajstić information content (AvgIpc) is 2.45. The molecular formula is C15H13Cl2FN2O2. The number of hydrogen-bond donors (Lipinski definition) is 2. The van der Waals surface area contributed by atoms with E-state index < -0.39 is 17.8 Å². The second-order valence-electron chi connectivity index (χ2n) is 4.56. The first kappa shape index (κ1) is 16.4. The molecule has 0 fully saturated rings. The maximum Gasteiger partial charge on any atom is 0.265 e. The molecule has 2 aromatic carbocycles. The van der Waals surface area contributed by atoms with E-state index in [1.165, 1.54) is 31.2 Å². The quantitative estimate of drug-likeness (QED) is 0.821. The number of halogens is 3. The fraction of sp³-hybridized carbons (Fsp3) is 0.133. The molecule has 0 spiro atoms. The van der Waals surface area contributed by atoms with E-state index in [1.54, 1.807) is 12.1 Å². The lowest BCUT2D eigenvalue weighted by Gasteiger charge is -2.16. The van der Waals surface area contributed by atoms with E-state index >= 15 is 0 Å². The Labute approximate surface area is 137 Å². The van der Waals surface area contributed by atoms with E-state index in [4.69, 9.17) is 33.7 Å². The molecule has 1 amide bonds. The summed E-state index contributed by atoms with van der Waals surface area (Å²) in [7, 11) is 0. The topological polar surface area (TPSA) is 64.3 Å². The van der Waals surface area contributed by atoms with Crippen LogP contribution in [0.1, 0.15) is 6.92 Å².